The topological polar surface area (TPSA) is 72.6 Å². The van der Waals surface area contributed by atoms with E-state index in [2.05, 4.69) is 0 Å². The maximum absolute atomic E-state index is 12.3. The first kappa shape index (κ1) is 16.9. The molecule has 18 heavy (non-hydrogen) atoms. The molecule has 0 saturated heterocycles. The van der Waals surface area contributed by atoms with Gasteiger partial charge in [0.15, 0.2) is 0 Å². The van der Waals surface area contributed by atoms with E-state index in [0.717, 1.165) is 0 Å². The summed E-state index contributed by atoms with van der Waals surface area (Å²) in [5.74, 6) is -0.318. The van der Waals surface area contributed by atoms with Gasteiger partial charge in [-0.3, -0.25) is 9.59 Å². The van der Waals surface area contributed by atoms with Gasteiger partial charge in [-0.05, 0) is 26.2 Å². The molecule has 0 aromatic carbocycles. The third-order valence-corrected chi connectivity index (χ3v) is 2.72. The van der Waals surface area contributed by atoms with Crippen LogP contribution in [0.15, 0.2) is 0 Å². The van der Waals surface area contributed by atoms with E-state index in [1.165, 1.54) is 4.90 Å². The Morgan fingerprint density at radius 3 is 2.28 bits per heavy atom. The maximum atomic E-state index is 12.3. The predicted octanol–water partition coefficient (Wildman–Crippen LogP) is 1.16. The highest BCUT2D eigenvalue weighted by Crippen LogP contribution is 2.12. The quantitative estimate of drug-likeness (QED) is 0.696. The van der Waals surface area contributed by atoms with Crippen LogP contribution in [-0.2, 0) is 14.3 Å². The zero-order valence-corrected chi connectivity index (χ0v) is 12.2. The van der Waals surface area contributed by atoms with Gasteiger partial charge in [0.1, 0.15) is 6.54 Å². The number of hydrogen-bond donors (Lipinski definition) is 1. The van der Waals surface area contributed by atoms with Crippen LogP contribution in [0.5, 0.6) is 0 Å². The lowest BCUT2D eigenvalue weighted by molar-refractivity contribution is -0.151. The Kier molecular flexibility index (Phi) is 6.91. The molecule has 0 aliphatic heterocycles. The molecule has 1 unspecified atom stereocenters. The van der Waals surface area contributed by atoms with Crippen LogP contribution >= 0.6 is 0 Å². The summed E-state index contributed by atoms with van der Waals surface area (Å²) in [7, 11) is 0. The first-order valence-electron chi connectivity index (χ1n) is 6.48. The second-order valence-corrected chi connectivity index (χ2v) is 5.16. The number of hydrogen-bond acceptors (Lipinski definition) is 4. The molecular weight excluding hydrogens is 232 g/mol. The molecule has 0 heterocycles. The summed E-state index contributed by atoms with van der Waals surface area (Å²) in [6.07, 6.45) is 0.531. The molecule has 0 radical (unpaired) electrons. The number of amides is 1. The van der Waals surface area contributed by atoms with Crippen molar-refractivity contribution >= 4 is 11.9 Å². The lowest BCUT2D eigenvalue weighted by Gasteiger charge is -2.31. The van der Waals surface area contributed by atoms with Gasteiger partial charge in [0, 0.05) is 6.54 Å². The monoisotopic (exact) mass is 258 g/mol. The number of carbonyl (C=O) groups is 2. The molecule has 106 valence electrons. The third kappa shape index (κ3) is 5.49. The Morgan fingerprint density at radius 1 is 1.33 bits per heavy atom. The van der Waals surface area contributed by atoms with E-state index >= 15 is 0 Å². The molecule has 1 atom stereocenters. The smallest absolute Gasteiger partial charge is 0.325 e. The summed E-state index contributed by atoms with van der Waals surface area (Å²) in [5, 5.41) is 0. The van der Waals surface area contributed by atoms with E-state index in [-0.39, 0.29) is 18.4 Å². The van der Waals surface area contributed by atoms with Crippen molar-refractivity contribution in [3.8, 4) is 0 Å². The second kappa shape index (κ2) is 7.36. The van der Waals surface area contributed by atoms with Crippen LogP contribution in [0.25, 0.3) is 0 Å². The van der Waals surface area contributed by atoms with Crippen LogP contribution in [0.4, 0.5) is 0 Å². The summed E-state index contributed by atoms with van der Waals surface area (Å²) in [5.41, 5.74) is 5.01. The molecule has 0 saturated carbocycles. The number of rotatable bonds is 7. The molecular formula is C13H26N2O3. The van der Waals surface area contributed by atoms with Gasteiger partial charge < -0.3 is 15.4 Å². The average molecular weight is 258 g/mol. The lowest BCUT2D eigenvalue weighted by atomic mass is 9.98. The van der Waals surface area contributed by atoms with Gasteiger partial charge in [-0.1, -0.05) is 20.8 Å². The highest BCUT2D eigenvalue weighted by molar-refractivity contribution is 5.88. The average Bonchev–Trinajstić information content (AvgIpc) is 2.26. The van der Waals surface area contributed by atoms with Crippen molar-refractivity contribution in [2.75, 3.05) is 19.7 Å². The third-order valence-electron chi connectivity index (χ3n) is 2.72. The molecule has 0 aromatic rings. The summed E-state index contributed by atoms with van der Waals surface area (Å²) in [6.45, 7) is 10.1. The molecule has 5 heteroatoms. The fraction of sp³-hybridized carbons (Fsp3) is 0.846. The van der Waals surface area contributed by atoms with Gasteiger partial charge in [0.2, 0.25) is 5.91 Å². The summed E-state index contributed by atoms with van der Waals surface area (Å²) < 4.78 is 4.88. The van der Waals surface area contributed by atoms with Gasteiger partial charge in [-0.2, -0.15) is 0 Å². The van der Waals surface area contributed by atoms with E-state index in [0.29, 0.717) is 19.6 Å². The van der Waals surface area contributed by atoms with Gasteiger partial charge in [0.05, 0.1) is 12.1 Å². The van der Waals surface area contributed by atoms with Crippen LogP contribution in [0.3, 0.4) is 0 Å². The van der Waals surface area contributed by atoms with Crippen molar-refractivity contribution in [1.82, 2.24) is 4.90 Å². The number of carbonyl (C=O) groups excluding carboxylic acids is 2. The van der Waals surface area contributed by atoms with E-state index in [1.807, 2.05) is 20.8 Å². The summed E-state index contributed by atoms with van der Waals surface area (Å²) in [6, 6.07) is 0. The molecule has 0 bridgehead atoms. The largest absolute Gasteiger partial charge is 0.465 e. The zero-order chi connectivity index (χ0) is 14.3. The lowest BCUT2D eigenvalue weighted by Crippen LogP contribution is -2.54. The summed E-state index contributed by atoms with van der Waals surface area (Å²) >= 11 is 0. The Balaban J connectivity index is 4.77. The number of ether oxygens (including phenoxy) is 1. The van der Waals surface area contributed by atoms with Gasteiger partial charge >= 0.3 is 5.97 Å². The number of nitrogens with zero attached hydrogens (tertiary/aromatic N) is 1. The molecule has 0 aliphatic carbocycles. The first-order valence-corrected chi connectivity index (χ1v) is 6.48. The van der Waals surface area contributed by atoms with Crippen LogP contribution in [0.2, 0.25) is 0 Å². The minimum absolute atomic E-state index is 0.0301. The Bertz CT molecular complexity index is 288. The second-order valence-electron chi connectivity index (χ2n) is 5.16. The highest BCUT2D eigenvalue weighted by Gasteiger charge is 2.32. The normalized spacial score (nSPS) is 14.2. The fourth-order valence-corrected chi connectivity index (χ4v) is 1.53. The Morgan fingerprint density at radius 2 is 1.89 bits per heavy atom. The molecule has 1 amide bonds. The van der Waals surface area contributed by atoms with E-state index in [1.54, 1.807) is 13.8 Å². The number of esters is 1. The molecule has 2 N–H and O–H groups in total. The SMILES string of the molecule is CCOC(=O)CN(CC(C)C)C(=O)C(C)(N)CC. The first-order chi connectivity index (χ1) is 8.24. The van der Waals surface area contributed by atoms with Crippen molar-refractivity contribution < 1.29 is 14.3 Å². The Labute approximate surface area is 110 Å². The molecule has 0 aromatic heterocycles. The fourth-order valence-electron chi connectivity index (χ4n) is 1.53. The van der Waals surface area contributed by atoms with Crippen LogP contribution in [0, 0.1) is 5.92 Å². The Hall–Kier alpha value is -1.10. The van der Waals surface area contributed by atoms with Gasteiger partial charge in [-0.15, -0.1) is 0 Å². The standard InChI is InChI=1S/C13H26N2O3/c1-6-13(5,14)12(17)15(8-10(3)4)9-11(16)18-7-2/h10H,6-9,14H2,1-5H3. The molecule has 0 spiro atoms. The minimum Gasteiger partial charge on any atom is -0.465 e. The van der Waals surface area contributed by atoms with Gasteiger partial charge in [-0.25, -0.2) is 0 Å². The van der Waals surface area contributed by atoms with Crippen molar-refractivity contribution in [3.05, 3.63) is 0 Å². The van der Waals surface area contributed by atoms with Crippen molar-refractivity contribution in [3.63, 3.8) is 0 Å². The number of nitrogens with two attached hydrogens (primary N) is 1. The molecule has 0 rings (SSSR count). The van der Waals surface area contributed by atoms with Crippen molar-refractivity contribution in [2.24, 2.45) is 11.7 Å². The molecule has 5 nitrogen and oxygen atoms in total. The van der Waals surface area contributed by atoms with E-state index in [4.69, 9.17) is 10.5 Å². The van der Waals surface area contributed by atoms with Crippen LogP contribution in [0.1, 0.15) is 41.0 Å². The molecule has 0 fully saturated rings. The predicted molar refractivity (Wildman–Crippen MR) is 70.9 cm³/mol. The zero-order valence-electron chi connectivity index (χ0n) is 12.2. The van der Waals surface area contributed by atoms with Crippen molar-refractivity contribution in [2.45, 2.75) is 46.6 Å². The van der Waals surface area contributed by atoms with Gasteiger partial charge in [0.25, 0.3) is 0 Å². The molecule has 0 aliphatic rings. The van der Waals surface area contributed by atoms with E-state index in [9.17, 15) is 9.59 Å². The van der Waals surface area contributed by atoms with E-state index < -0.39 is 11.5 Å². The van der Waals surface area contributed by atoms with Crippen LogP contribution < -0.4 is 5.73 Å². The minimum atomic E-state index is -0.929. The highest BCUT2D eigenvalue weighted by atomic mass is 16.5. The maximum Gasteiger partial charge on any atom is 0.325 e. The summed E-state index contributed by atoms with van der Waals surface area (Å²) in [4.78, 5) is 25.3. The van der Waals surface area contributed by atoms with Crippen LogP contribution in [-0.4, -0.2) is 42.0 Å². The van der Waals surface area contributed by atoms with Crippen molar-refractivity contribution in [1.29, 1.82) is 0 Å².